The molecule has 2 aliphatic rings. The van der Waals surface area contributed by atoms with Gasteiger partial charge in [0, 0.05) is 25.0 Å². The second-order valence-corrected chi connectivity index (χ2v) is 5.97. The summed E-state index contributed by atoms with van der Waals surface area (Å²) >= 11 is 0. The second kappa shape index (κ2) is 5.14. The third-order valence-electron chi connectivity index (χ3n) is 4.87. The van der Waals surface area contributed by atoms with E-state index in [0.29, 0.717) is 18.8 Å². The van der Waals surface area contributed by atoms with Crippen LogP contribution in [-0.4, -0.2) is 19.3 Å². The van der Waals surface area contributed by atoms with E-state index < -0.39 is 0 Å². The molecule has 0 radical (unpaired) electrons. The van der Waals surface area contributed by atoms with Crippen molar-refractivity contribution in [3.63, 3.8) is 0 Å². The predicted molar refractivity (Wildman–Crippen MR) is 75.1 cm³/mol. The van der Waals surface area contributed by atoms with E-state index in [1.54, 1.807) is 7.11 Å². The average Bonchev–Trinajstić information content (AvgIpc) is 2.92. The zero-order valence-electron chi connectivity index (χ0n) is 11.6. The molecule has 2 atom stereocenters. The zero-order valence-corrected chi connectivity index (χ0v) is 11.6. The minimum Gasteiger partial charge on any atom is -0.490 e. The highest BCUT2D eigenvalue weighted by atomic mass is 16.5. The third-order valence-corrected chi connectivity index (χ3v) is 4.87. The van der Waals surface area contributed by atoms with Gasteiger partial charge in [0.25, 0.3) is 0 Å². The van der Waals surface area contributed by atoms with Crippen molar-refractivity contribution in [1.29, 1.82) is 0 Å². The van der Waals surface area contributed by atoms with Crippen LogP contribution in [0.5, 0.6) is 5.75 Å². The molecule has 2 aliphatic carbocycles. The molecule has 0 saturated heterocycles. The number of methoxy groups -OCH3 is 1. The van der Waals surface area contributed by atoms with Crippen LogP contribution in [0.25, 0.3) is 0 Å². The van der Waals surface area contributed by atoms with E-state index in [1.165, 1.54) is 25.7 Å². The highest BCUT2D eigenvalue weighted by Gasteiger charge is 2.56. The molecule has 2 N–H and O–H groups in total. The smallest absolute Gasteiger partial charge is 0.120 e. The quantitative estimate of drug-likeness (QED) is 0.906. The summed E-state index contributed by atoms with van der Waals surface area (Å²) in [4.78, 5) is 0. The number of ether oxygens (including phenoxy) is 2. The van der Waals surface area contributed by atoms with E-state index in [4.69, 9.17) is 15.2 Å². The zero-order chi connectivity index (χ0) is 13.3. The molecule has 0 aromatic heterocycles. The molecule has 0 bridgehead atoms. The Morgan fingerprint density at radius 2 is 2.11 bits per heavy atom. The van der Waals surface area contributed by atoms with Crippen molar-refractivity contribution in [3.05, 3.63) is 29.8 Å². The molecular formula is C16H23NO2. The Hall–Kier alpha value is -1.06. The van der Waals surface area contributed by atoms with E-state index in [0.717, 1.165) is 17.7 Å². The van der Waals surface area contributed by atoms with E-state index in [2.05, 4.69) is 12.1 Å². The molecule has 2 fully saturated rings. The molecule has 3 heteroatoms. The molecule has 1 spiro atoms. The normalized spacial score (nSPS) is 28.3. The Labute approximate surface area is 115 Å². The van der Waals surface area contributed by atoms with E-state index in [1.807, 2.05) is 12.1 Å². The lowest BCUT2D eigenvalue weighted by molar-refractivity contribution is -0.0620. The van der Waals surface area contributed by atoms with Crippen LogP contribution in [0.1, 0.15) is 37.7 Å². The molecule has 3 nitrogen and oxygen atoms in total. The SMILES string of the molecule is COCc1cccc(OC2CC(N)C23CCCC3)c1. The van der Waals surface area contributed by atoms with Crippen LogP contribution < -0.4 is 10.5 Å². The Kier molecular flexibility index (Phi) is 3.50. The lowest BCUT2D eigenvalue weighted by atomic mass is 9.61. The summed E-state index contributed by atoms with van der Waals surface area (Å²) in [5, 5.41) is 0. The first-order valence-corrected chi connectivity index (χ1v) is 7.25. The van der Waals surface area contributed by atoms with E-state index in [9.17, 15) is 0 Å². The maximum Gasteiger partial charge on any atom is 0.120 e. The van der Waals surface area contributed by atoms with Gasteiger partial charge in [0.2, 0.25) is 0 Å². The van der Waals surface area contributed by atoms with E-state index >= 15 is 0 Å². The van der Waals surface area contributed by atoms with Crippen molar-refractivity contribution < 1.29 is 9.47 Å². The molecule has 104 valence electrons. The third kappa shape index (κ3) is 2.26. The first kappa shape index (κ1) is 12.9. The van der Waals surface area contributed by atoms with Gasteiger partial charge >= 0.3 is 0 Å². The Bertz CT molecular complexity index is 440. The molecule has 1 aromatic rings. The first-order chi connectivity index (χ1) is 9.24. The predicted octanol–water partition coefficient (Wildman–Crippen LogP) is 2.87. The fourth-order valence-corrected chi connectivity index (χ4v) is 3.71. The summed E-state index contributed by atoms with van der Waals surface area (Å²) < 4.78 is 11.4. The summed E-state index contributed by atoms with van der Waals surface area (Å²) in [6.45, 7) is 0.631. The van der Waals surface area contributed by atoms with Gasteiger partial charge in [-0.1, -0.05) is 25.0 Å². The van der Waals surface area contributed by atoms with Crippen LogP contribution in [0.4, 0.5) is 0 Å². The molecule has 2 unspecified atom stereocenters. The Balaban J connectivity index is 1.70. The minimum absolute atomic E-state index is 0.261. The van der Waals surface area contributed by atoms with Crippen molar-refractivity contribution >= 4 is 0 Å². The fourth-order valence-electron chi connectivity index (χ4n) is 3.71. The fraction of sp³-hybridized carbons (Fsp3) is 0.625. The van der Waals surface area contributed by atoms with Gasteiger partial charge in [0.1, 0.15) is 11.9 Å². The summed E-state index contributed by atoms with van der Waals surface area (Å²) in [5.74, 6) is 0.956. The van der Waals surface area contributed by atoms with Gasteiger partial charge in [0.05, 0.1) is 6.61 Å². The summed E-state index contributed by atoms with van der Waals surface area (Å²) in [6, 6.07) is 8.54. The van der Waals surface area contributed by atoms with Crippen molar-refractivity contribution in [3.8, 4) is 5.75 Å². The maximum atomic E-state index is 6.24. The topological polar surface area (TPSA) is 44.5 Å². The highest BCUT2D eigenvalue weighted by Crippen LogP contribution is 2.53. The van der Waals surface area contributed by atoms with Crippen molar-refractivity contribution in [1.82, 2.24) is 0 Å². The lowest BCUT2D eigenvalue weighted by Crippen LogP contribution is -2.62. The van der Waals surface area contributed by atoms with Crippen molar-refractivity contribution in [2.75, 3.05) is 7.11 Å². The molecule has 0 heterocycles. The Morgan fingerprint density at radius 1 is 1.32 bits per heavy atom. The van der Waals surface area contributed by atoms with Crippen molar-refractivity contribution in [2.45, 2.75) is 50.9 Å². The van der Waals surface area contributed by atoms with E-state index in [-0.39, 0.29) is 5.41 Å². The van der Waals surface area contributed by atoms with Gasteiger partial charge in [0.15, 0.2) is 0 Å². The number of hydrogen-bond acceptors (Lipinski definition) is 3. The summed E-state index contributed by atoms with van der Waals surface area (Å²) in [5.41, 5.74) is 7.66. The van der Waals surface area contributed by atoms with Gasteiger partial charge in [-0.3, -0.25) is 0 Å². The van der Waals surface area contributed by atoms with Crippen LogP contribution in [0, 0.1) is 5.41 Å². The van der Waals surface area contributed by atoms with Crippen LogP contribution in [0.3, 0.4) is 0 Å². The van der Waals surface area contributed by atoms with Crippen LogP contribution >= 0.6 is 0 Å². The molecule has 0 amide bonds. The average molecular weight is 261 g/mol. The van der Waals surface area contributed by atoms with Gasteiger partial charge in [-0.05, 0) is 30.5 Å². The molecule has 19 heavy (non-hydrogen) atoms. The second-order valence-electron chi connectivity index (χ2n) is 5.97. The van der Waals surface area contributed by atoms with Crippen LogP contribution in [0.15, 0.2) is 24.3 Å². The van der Waals surface area contributed by atoms with Crippen molar-refractivity contribution in [2.24, 2.45) is 11.1 Å². The monoisotopic (exact) mass is 261 g/mol. The molecule has 2 saturated carbocycles. The molecule has 3 rings (SSSR count). The number of hydrogen-bond donors (Lipinski definition) is 1. The number of benzene rings is 1. The largest absolute Gasteiger partial charge is 0.490 e. The highest BCUT2D eigenvalue weighted by molar-refractivity contribution is 5.29. The van der Waals surface area contributed by atoms with Crippen LogP contribution in [-0.2, 0) is 11.3 Å². The molecule has 1 aromatic carbocycles. The lowest BCUT2D eigenvalue weighted by Gasteiger charge is -2.52. The minimum atomic E-state index is 0.261. The number of nitrogens with two attached hydrogens (primary N) is 1. The summed E-state index contributed by atoms with van der Waals surface area (Å²) in [7, 11) is 1.71. The Morgan fingerprint density at radius 3 is 2.79 bits per heavy atom. The maximum absolute atomic E-state index is 6.24. The van der Waals surface area contributed by atoms with Gasteiger partial charge in [-0.15, -0.1) is 0 Å². The first-order valence-electron chi connectivity index (χ1n) is 7.25. The molecule has 0 aliphatic heterocycles. The van der Waals surface area contributed by atoms with Gasteiger partial charge < -0.3 is 15.2 Å². The number of rotatable bonds is 4. The summed E-state index contributed by atoms with van der Waals surface area (Å²) in [6.07, 6.45) is 6.37. The van der Waals surface area contributed by atoms with Crippen LogP contribution in [0.2, 0.25) is 0 Å². The van der Waals surface area contributed by atoms with Gasteiger partial charge in [-0.2, -0.15) is 0 Å². The van der Waals surface area contributed by atoms with Gasteiger partial charge in [-0.25, -0.2) is 0 Å². The molecular weight excluding hydrogens is 238 g/mol. The standard InChI is InChI=1S/C16H23NO2/c1-18-11-12-5-4-6-13(9-12)19-15-10-14(17)16(15)7-2-3-8-16/h4-6,9,14-15H,2-3,7-8,10-11,17H2,1H3.